The van der Waals surface area contributed by atoms with Crippen LogP contribution < -0.4 is 5.32 Å². The first-order valence-corrected chi connectivity index (χ1v) is 11.0. The average Bonchev–Trinajstić information content (AvgIpc) is 3.45. The number of amides is 1. The second-order valence-corrected chi connectivity index (χ2v) is 8.19. The Labute approximate surface area is 188 Å². The van der Waals surface area contributed by atoms with Gasteiger partial charge in [-0.05, 0) is 48.9 Å². The van der Waals surface area contributed by atoms with Crippen molar-refractivity contribution >= 4 is 34.4 Å². The van der Waals surface area contributed by atoms with E-state index in [9.17, 15) is 4.79 Å². The summed E-state index contributed by atoms with van der Waals surface area (Å²) < 4.78 is 5.71. The van der Waals surface area contributed by atoms with Crippen LogP contribution in [0.4, 0.5) is 5.69 Å². The molecule has 0 aliphatic carbocycles. The number of hydrogen-bond acceptors (Lipinski definition) is 6. The van der Waals surface area contributed by atoms with Gasteiger partial charge in [0.15, 0.2) is 0 Å². The third kappa shape index (κ3) is 4.40. The van der Waals surface area contributed by atoms with Gasteiger partial charge >= 0.3 is 0 Å². The van der Waals surface area contributed by atoms with E-state index < -0.39 is 0 Å². The normalized spacial score (nSPS) is 11.0. The fourth-order valence-electron chi connectivity index (χ4n) is 3.26. The number of thioether (sulfide) groups is 1. The van der Waals surface area contributed by atoms with Gasteiger partial charge < -0.3 is 14.7 Å². The third-order valence-corrected chi connectivity index (χ3v) is 5.65. The Morgan fingerprint density at radius 2 is 1.78 bits per heavy atom. The minimum Gasteiger partial charge on any atom is -0.411 e. The topological polar surface area (TPSA) is 96.7 Å². The molecular weight excluding hydrogens is 422 g/mol. The number of aryl methyl sites for hydroxylation is 1. The largest absolute Gasteiger partial charge is 0.411 e. The lowest BCUT2D eigenvalue weighted by Crippen LogP contribution is -2.13. The van der Waals surface area contributed by atoms with Crippen molar-refractivity contribution in [2.75, 3.05) is 11.1 Å². The molecule has 1 amide bonds. The number of fused-ring (bicyclic) bond motifs is 1. The Balaban J connectivity index is 1.24. The minimum absolute atomic E-state index is 0.133. The van der Waals surface area contributed by atoms with Gasteiger partial charge in [-0.15, -0.1) is 10.2 Å². The molecule has 0 saturated heterocycles. The predicted octanol–water partition coefficient (Wildman–Crippen LogP) is 5.32. The molecule has 0 aliphatic rings. The number of carbonyl (C=O) groups excluding carboxylic acids is 1. The highest BCUT2D eigenvalue weighted by molar-refractivity contribution is 7.99. The Kier molecular flexibility index (Phi) is 5.43. The van der Waals surface area contributed by atoms with Crippen LogP contribution in [0.5, 0.6) is 0 Å². The van der Waals surface area contributed by atoms with Gasteiger partial charge in [0.2, 0.25) is 11.8 Å². The van der Waals surface area contributed by atoms with Gasteiger partial charge in [-0.1, -0.05) is 48.2 Å². The smallest absolute Gasteiger partial charge is 0.277 e. The Hall–Kier alpha value is -3.91. The number of anilines is 1. The van der Waals surface area contributed by atoms with E-state index >= 15 is 0 Å². The Bertz CT molecular complexity index is 1380. The average molecular weight is 442 g/mol. The first-order valence-electron chi connectivity index (χ1n) is 10.0. The van der Waals surface area contributed by atoms with Crippen molar-refractivity contribution in [3.63, 3.8) is 0 Å². The van der Waals surface area contributed by atoms with E-state index in [1.165, 1.54) is 17.3 Å². The summed E-state index contributed by atoms with van der Waals surface area (Å²) in [5.41, 5.74) is 5.65. The molecule has 0 aliphatic heterocycles. The third-order valence-electron chi connectivity index (χ3n) is 4.83. The summed E-state index contributed by atoms with van der Waals surface area (Å²) >= 11 is 1.20. The van der Waals surface area contributed by atoms with Crippen LogP contribution in [-0.2, 0) is 4.79 Å². The van der Waals surface area contributed by atoms with Gasteiger partial charge in [-0.25, -0.2) is 4.98 Å². The summed E-state index contributed by atoms with van der Waals surface area (Å²) in [5.74, 6) is 1.26. The van der Waals surface area contributed by atoms with E-state index in [0.29, 0.717) is 11.1 Å². The zero-order valence-corrected chi connectivity index (χ0v) is 18.0. The maximum atomic E-state index is 12.1. The van der Waals surface area contributed by atoms with Gasteiger partial charge in [0.1, 0.15) is 5.82 Å². The van der Waals surface area contributed by atoms with Crippen molar-refractivity contribution in [2.45, 2.75) is 12.1 Å². The number of imidazole rings is 1. The highest BCUT2D eigenvalue weighted by Gasteiger charge is 2.12. The standard InChI is InChI=1S/C24H19N5O2S/c1-15-7-12-19-20(13-15)27-22(26-19)16-8-10-17(11-9-16)23-28-29-24(31-23)32-14-21(30)25-18-5-3-2-4-6-18/h2-13H,14H2,1H3,(H,25,30)(H,26,27). The summed E-state index contributed by atoms with van der Waals surface area (Å²) in [4.78, 5) is 20.1. The number of hydrogen-bond donors (Lipinski definition) is 2. The van der Waals surface area contributed by atoms with Gasteiger partial charge in [-0.2, -0.15) is 0 Å². The quantitative estimate of drug-likeness (QED) is 0.346. The molecule has 0 atom stereocenters. The van der Waals surface area contributed by atoms with Crippen LogP contribution in [-0.4, -0.2) is 31.8 Å². The molecule has 2 aromatic heterocycles. The van der Waals surface area contributed by atoms with E-state index in [2.05, 4.69) is 38.5 Å². The number of carbonyl (C=O) groups is 1. The van der Waals surface area contributed by atoms with E-state index in [4.69, 9.17) is 4.42 Å². The molecule has 3 aromatic carbocycles. The molecule has 5 rings (SSSR count). The molecule has 0 spiro atoms. The first-order chi connectivity index (χ1) is 15.6. The molecule has 8 heteroatoms. The second-order valence-electron chi connectivity index (χ2n) is 7.26. The van der Waals surface area contributed by atoms with E-state index in [-0.39, 0.29) is 11.7 Å². The number of rotatable bonds is 6. The highest BCUT2D eigenvalue weighted by Crippen LogP contribution is 2.27. The molecule has 32 heavy (non-hydrogen) atoms. The zero-order valence-electron chi connectivity index (χ0n) is 17.2. The van der Waals surface area contributed by atoms with E-state index in [0.717, 1.165) is 33.7 Å². The van der Waals surface area contributed by atoms with Crippen LogP contribution >= 0.6 is 11.8 Å². The van der Waals surface area contributed by atoms with Crippen molar-refractivity contribution in [1.29, 1.82) is 0 Å². The van der Waals surface area contributed by atoms with E-state index in [1.54, 1.807) is 0 Å². The molecule has 2 heterocycles. The number of H-pyrrole nitrogens is 1. The van der Waals surface area contributed by atoms with Crippen molar-refractivity contribution in [3.8, 4) is 22.8 Å². The molecule has 0 radical (unpaired) electrons. The Morgan fingerprint density at radius 1 is 1.00 bits per heavy atom. The van der Waals surface area contributed by atoms with Gasteiger partial charge in [-0.3, -0.25) is 4.79 Å². The Morgan fingerprint density at radius 3 is 2.59 bits per heavy atom. The summed E-state index contributed by atoms with van der Waals surface area (Å²) in [6, 6.07) is 23.2. The van der Waals surface area contributed by atoms with Crippen LogP contribution in [0.2, 0.25) is 0 Å². The van der Waals surface area contributed by atoms with Crippen molar-refractivity contribution in [2.24, 2.45) is 0 Å². The highest BCUT2D eigenvalue weighted by atomic mass is 32.2. The van der Waals surface area contributed by atoms with Crippen LogP contribution in [0.15, 0.2) is 82.4 Å². The predicted molar refractivity (Wildman–Crippen MR) is 125 cm³/mol. The molecule has 7 nitrogen and oxygen atoms in total. The molecule has 0 fully saturated rings. The monoisotopic (exact) mass is 441 g/mol. The fraction of sp³-hybridized carbons (Fsp3) is 0.0833. The molecule has 158 valence electrons. The maximum Gasteiger partial charge on any atom is 0.277 e. The van der Waals surface area contributed by atoms with Crippen LogP contribution in [0, 0.1) is 6.92 Å². The summed E-state index contributed by atoms with van der Waals surface area (Å²) in [7, 11) is 0. The van der Waals surface area contributed by atoms with E-state index in [1.807, 2.05) is 66.7 Å². The zero-order chi connectivity index (χ0) is 21.9. The van der Waals surface area contributed by atoms with Gasteiger partial charge in [0.05, 0.1) is 16.8 Å². The second kappa shape index (κ2) is 8.68. The minimum atomic E-state index is -0.133. The van der Waals surface area contributed by atoms with Gasteiger partial charge in [0, 0.05) is 16.8 Å². The van der Waals surface area contributed by atoms with Crippen LogP contribution in [0.3, 0.4) is 0 Å². The molecular formula is C24H19N5O2S. The number of para-hydroxylation sites is 1. The molecule has 0 unspecified atom stereocenters. The fourth-order valence-corrected chi connectivity index (χ4v) is 3.82. The number of aromatic amines is 1. The molecule has 0 saturated carbocycles. The summed E-state index contributed by atoms with van der Waals surface area (Å²) in [6.45, 7) is 2.06. The lowest BCUT2D eigenvalue weighted by molar-refractivity contribution is -0.113. The first kappa shape index (κ1) is 20.0. The number of nitrogens with zero attached hydrogens (tertiary/aromatic N) is 3. The van der Waals surface area contributed by atoms with Crippen molar-refractivity contribution in [3.05, 3.63) is 78.4 Å². The summed E-state index contributed by atoms with van der Waals surface area (Å²) in [6.07, 6.45) is 0. The van der Waals surface area contributed by atoms with Crippen LogP contribution in [0.25, 0.3) is 33.9 Å². The number of nitrogens with one attached hydrogen (secondary N) is 2. The van der Waals surface area contributed by atoms with Crippen LogP contribution in [0.1, 0.15) is 5.56 Å². The summed E-state index contributed by atoms with van der Waals surface area (Å²) in [5, 5.41) is 11.3. The van der Waals surface area contributed by atoms with Crippen molar-refractivity contribution < 1.29 is 9.21 Å². The van der Waals surface area contributed by atoms with Crippen molar-refractivity contribution in [1.82, 2.24) is 20.2 Å². The maximum absolute atomic E-state index is 12.1. The van der Waals surface area contributed by atoms with Gasteiger partial charge in [0.25, 0.3) is 5.22 Å². The SMILES string of the molecule is Cc1ccc2nc(-c3ccc(-c4nnc(SCC(=O)Nc5ccccc5)o4)cc3)[nH]c2c1. The number of benzene rings is 3. The molecule has 0 bridgehead atoms. The lowest BCUT2D eigenvalue weighted by atomic mass is 10.1. The number of aromatic nitrogens is 4. The molecule has 2 N–H and O–H groups in total. The lowest BCUT2D eigenvalue weighted by Gasteiger charge is -2.02. The molecule has 5 aromatic rings.